The molecule has 4 rings (SSSR count). The second-order valence-electron chi connectivity index (χ2n) is 7.65. The first-order chi connectivity index (χ1) is 11.8. The average Bonchev–Trinajstić information content (AvgIpc) is 2.98. The first-order valence-electron chi connectivity index (χ1n) is 9.35. The summed E-state index contributed by atoms with van der Waals surface area (Å²) in [5.41, 5.74) is 4.35. The SMILES string of the molecule is Cc1cccc(C2CC(NC3CCN(Cc4ccccc4)C3)C2)c1. The van der Waals surface area contributed by atoms with Crippen molar-refractivity contribution in [2.45, 2.75) is 50.7 Å². The van der Waals surface area contributed by atoms with Crippen LogP contribution >= 0.6 is 0 Å². The van der Waals surface area contributed by atoms with Crippen LogP contribution in [-0.2, 0) is 6.54 Å². The Morgan fingerprint density at radius 2 is 1.83 bits per heavy atom. The minimum absolute atomic E-state index is 0.678. The van der Waals surface area contributed by atoms with Crippen LogP contribution < -0.4 is 5.32 Å². The Labute approximate surface area is 145 Å². The molecule has 24 heavy (non-hydrogen) atoms. The molecular weight excluding hydrogens is 292 g/mol. The standard InChI is InChI=1S/C22H28N2/c1-17-6-5-9-19(12-17)20-13-22(14-20)23-21-10-11-24(16-21)15-18-7-3-2-4-8-18/h2-9,12,20-23H,10-11,13-16H2,1H3. The van der Waals surface area contributed by atoms with E-state index in [1.54, 1.807) is 0 Å². The minimum Gasteiger partial charge on any atom is -0.310 e. The highest BCUT2D eigenvalue weighted by Gasteiger charge is 2.33. The summed E-state index contributed by atoms with van der Waals surface area (Å²) in [5, 5.41) is 3.90. The van der Waals surface area contributed by atoms with Crippen molar-refractivity contribution in [3.05, 3.63) is 71.3 Å². The van der Waals surface area contributed by atoms with Crippen LogP contribution in [0.15, 0.2) is 54.6 Å². The van der Waals surface area contributed by atoms with Crippen molar-refractivity contribution < 1.29 is 0 Å². The third kappa shape index (κ3) is 3.71. The van der Waals surface area contributed by atoms with E-state index in [0.29, 0.717) is 6.04 Å². The molecule has 1 aliphatic heterocycles. The number of nitrogens with zero attached hydrogens (tertiary/aromatic N) is 1. The average molecular weight is 320 g/mol. The molecule has 2 fully saturated rings. The molecule has 1 atom stereocenters. The third-order valence-corrected chi connectivity index (χ3v) is 5.64. The molecule has 2 aromatic carbocycles. The second-order valence-corrected chi connectivity index (χ2v) is 7.65. The predicted octanol–water partition coefficient (Wildman–Crippen LogP) is 4.11. The molecule has 1 N–H and O–H groups in total. The smallest absolute Gasteiger partial charge is 0.0234 e. The Bertz CT molecular complexity index is 661. The maximum absolute atomic E-state index is 3.90. The molecule has 0 spiro atoms. The van der Waals surface area contributed by atoms with Gasteiger partial charge in [-0.1, -0.05) is 60.2 Å². The van der Waals surface area contributed by atoms with Crippen molar-refractivity contribution in [2.24, 2.45) is 0 Å². The lowest BCUT2D eigenvalue weighted by Crippen LogP contribution is -2.46. The fourth-order valence-corrected chi connectivity index (χ4v) is 4.24. The van der Waals surface area contributed by atoms with E-state index in [4.69, 9.17) is 0 Å². The molecule has 2 heteroatoms. The molecule has 2 aromatic rings. The van der Waals surface area contributed by atoms with Gasteiger partial charge < -0.3 is 5.32 Å². The zero-order valence-electron chi connectivity index (χ0n) is 14.6. The summed E-state index contributed by atoms with van der Waals surface area (Å²) in [6.45, 7) is 5.70. The Hall–Kier alpha value is -1.64. The molecule has 1 saturated carbocycles. The molecule has 1 aliphatic carbocycles. The highest BCUT2D eigenvalue weighted by atomic mass is 15.2. The molecule has 0 bridgehead atoms. The fraction of sp³-hybridized carbons (Fsp3) is 0.455. The van der Waals surface area contributed by atoms with Gasteiger partial charge in [0.1, 0.15) is 0 Å². The molecule has 1 saturated heterocycles. The minimum atomic E-state index is 0.678. The van der Waals surface area contributed by atoms with Crippen molar-refractivity contribution >= 4 is 0 Å². The van der Waals surface area contributed by atoms with Crippen molar-refractivity contribution in [2.75, 3.05) is 13.1 Å². The number of rotatable bonds is 5. The van der Waals surface area contributed by atoms with E-state index >= 15 is 0 Å². The van der Waals surface area contributed by atoms with Gasteiger partial charge in [-0.15, -0.1) is 0 Å². The van der Waals surface area contributed by atoms with Crippen LogP contribution in [0.2, 0.25) is 0 Å². The Morgan fingerprint density at radius 1 is 1.00 bits per heavy atom. The topological polar surface area (TPSA) is 15.3 Å². The highest BCUT2D eigenvalue weighted by Crippen LogP contribution is 2.37. The van der Waals surface area contributed by atoms with Gasteiger partial charge in [-0.25, -0.2) is 0 Å². The van der Waals surface area contributed by atoms with Crippen LogP contribution in [-0.4, -0.2) is 30.1 Å². The van der Waals surface area contributed by atoms with Gasteiger partial charge in [0.2, 0.25) is 0 Å². The van der Waals surface area contributed by atoms with Crippen LogP contribution in [0.25, 0.3) is 0 Å². The van der Waals surface area contributed by atoms with Crippen LogP contribution in [0.4, 0.5) is 0 Å². The highest BCUT2D eigenvalue weighted by molar-refractivity contribution is 5.27. The lowest BCUT2D eigenvalue weighted by molar-refractivity contribution is 0.255. The molecule has 1 heterocycles. The number of aryl methyl sites for hydroxylation is 1. The van der Waals surface area contributed by atoms with E-state index in [1.807, 2.05) is 0 Å². The number of hydrogen-bond donors (Lipinski definition) is 1. The summed E-state index contributed by atoms with van der Waals surface area (Å²) >= 11 is 0. The maximum atomic E-state index is 3.90. The van der Waals surface area contributed by atoms with E-state index in [-0.39, 0.29) is 0 Å². The molecular formula is C22H28N2. The van der Waals surface area contributed by atoms with Crippen LogP contribution in [0.3, 0.4) is 0 Å². The normalized spacial score (nSPS) is 27.1. The second kappa shape index (κ2) is 7.08. The van der Waals surface area contributed by atoms with E-state index < -0.39 is 0 Å². The van der Waals surface area contributed by atoms with Crippen molar-refractivity contribution in [3.8, 4) is 0 Å². The lowest BCUT2D eigenvalue weighted by atomic mass is 9.75. The monoisotopic (exact) mass is 320 g/mol. The summed E-state index contributed by atoms with van der Waals surface area (Å²) in [7, 11) is 0. The van der Waals surface area contributed by atoms with E-state index in [9.17, 15) is 0 Å². The fourth-order valence-electron chi connectivity index (χ4n) is 4.24. The quantitative estimate of drug-likeness (QED) is 0.892. The van der Waals surface area contributed by atoms with Crippen LogP contribution in [0.5, 0.6) is 0 Å². The number of hydrogen-bond acceptors (Lipinski definition) is 2. The van der Waals surface area contributed by atoms with E-state index in [0.717, 1.165) is 18.5 Å². The van der Waals surface area contributed by atoms with E-state index in [2.05, 4.69) is 71.7 Å². The first kappa shape index (κ1) is 15.9. The maximum Gasteiger partial charge on any atom is 0.0234 e. The van der Waals surface area contributed by atoms with E-state index in [1.165, 1.54) is 49.0 Å². The van der Waals surface area contributed by atoms with Crippen molar-refractivity contribution in [1.82, 2.24) is 10.2 Å². The Morgan fingerprint density at radius 3 is 2.62 bits per heavy atom. The van der Waals surface area contributed by atoms with Gasteiger partial charge in [-0.3, -0.25) is 4.90 Å². The summed E-state index contributed by atoms with van der Waals surface area (Å²) in [6, 6.07) is 21.3. The molecule has 0 aromatic heterocycles. The summed E-state index contributed by atoms with van der Waals surface area (Å²) in [4.78, 5) is 2.59. The largest absolute Gasteiger partial charge is 0.310 e. The molecule has 1 unspecified atom stereocenters. The molecule has 2 aliphatic rings. The first-order valence-corrected chi connectivity index (χ1v) is 9.35. The zero-order valence-corrected chi connectivity index (χ0v) is 14.6. The zero-order chi connectivity index (χ0) is 16.4. The van der Waals surface area contributed by atoms with Crippen molar-refractivity contribution in [1.29, 1.82) is 0 Å². The van der Waals surface area contributed by atoms with Gasteiger partial charge in [-0.2, -0.15) is 0 Å². The molecule has 2 nitrogen and oxygen atoms in total. The number of nitrogens with one attached hydrogen (secondary N) is 1. The van der Waals surface area contributed by atoms with Crippen LogP contribution in [0, 0.1) is 6.92 Å². The number of likely N-dealkylation sites (tertiary alicyclic amines) is 1. The van der Waals surface area contributed by atoms with Gasteiger partial charge in [0, 0.05) is 31.7 Å². The Kier molecular flexibility index (Phi) is 4.68. The van der Waals surface area contributed by atoms with Crippen molar-refractivity contribution in [3.63, 3.8) is 0 Å². The van der Waals surface area contributed by atoms with Gasteiger partial charge in [0.15, 0.2) is 0 Å². The summed E-state index contributed by atoms with van der Waals surface area (Å²) < 4.78 is 0. The van der Waals surface area contributed by atoms with Gasteiger partial charge in [0.25, 0.3) is 0 Å². The summed E-state index contributed by atoms with van der Waals surface area (Å²) in [6.07, 6.45) is 3.90. The lowest BCUT2D eigenvalue weighted by Gasteiger charge is -2.38. The van der Waals surface area contributed by atoms with Crippen LogP contribution in [0.1, 0.15) is 41.9 Å². The van der Waals surface area contributed by atoms with Gasteiger partial charge in [-0.05, 0) is 43.2 Å². The molecule has 126 valence electrons. The predicted molar refractivity (Wildman–Crippen MR) is 100 cm³/mol. The van der Waals surface area contributed by atoms with Gasteiger partial charge >= 0.3 is 0 Å². The Balaban J connectivity index is 1.22. The molecule has 0 amide bonds. The molecule has 0 radical (unpaired) electrons. The van der Waals surface area contributed by atoms with Gasteiger partial charge in [0.05, 0.1) is 0 Å². The summed E-state index contributed by atoms with van der Waals surface area (Å²) in [5.74, 6) is 0.768. The number of benzene rings is 2. The third-order valence-electron chi connectivity index (χ3n) is 5.64.